The maximum absolute atomic E-state index is 11.6. The fourth-order valence-electron chi connectivity index (χ4n) is 1.51. The molecule has 0 unspecified atom stereocenters. The number of rotatable bonds is 3. The molecular formula is C12H23NO4. The lowest BCUT2D eigenvalue weighted by atomic mass is 10.2. The monoisotopic (exact) mass is 245 g/mol. The van der Waals surface area contributed by atoms with Gasteiger partial charge in [-0.1, -0.05) is 13.8 Å². The Kier molecular flexibility index (Phi) is 5.88. The Morgan fingerprint density at radius 2 is 2.24 bits per heavy atom. The zero-order chi connectivity index (χ0) is 12.8. The first-order valence-corrected chi connectivity index (χ1v) is 6.16. The van der Waals surface area contributed by atoms with Crippen LogP contribution < -0.4 is 5.73 Å². The summed E-state index contributed by atoms with van der Waals surface area (Å²) in [5.74, 6) is 0.0638. The van der Waals surface area contributed by atoms with Crippen LogP contribution >= 0.6 is 0 Å². The molecule has 100 valence electrons. The molecule has 0 bridgehead atoms. The molecule has 0 aromatic heterocycles. The van der Waals surface area contributed by atoms with Crippen molar-refractivity contribution in [2.45, 2.75) is 45.4 Å². The summed E-state index contributed by atoms with van der Waals surface area (Å²) in [4.78, 5) is 11.6. The minimum atomic E-state index is -0.596. The van der Waals surface area contributed by atoms with Gasteiger partial charge >= 0.3 is 5.97 Å². The van der Waals surface area contributed by atoms with Crippen molar-refractivity contribution in [1.29, 1.82) is 0 Å². The lowest BCUT2D eigenvalue weighted by molar-refractivity contribution is -0.159. The number of cyclic esters (lactones) is 1. The van der Waals surface area contributed by atoms with Crippen molar-refractivity contribution in [1.82, 2.24) is 0 Å². The summed E-state index contributed by atoms with van der Waals surface area (Å²) in [6.07, 6.45) is -0.0559. The number of carbonyl (C=O) groups excluding carboxylic acids is 1. The Morgan fingerprint density at radius 3 is 2.88 bits per heavy atom. The average molecular weight is 245 g/mol. The molecule has 0 aromatic rings. The lowest BCUT2D eigenvalue weighted by Crippen LogP contribution is -2.39. The molecule has 5 nitrogen and oxygen atoms in total. The highest BCUT2D eigenvalue weighted by atomic mass is 16.6. The Bertz CT molecular complexity index is 245. The smallest absolute Gasteiger partial charge is 0.323 e. The summed E-state index contributed by atoms with van der Waals surface area (Å²) >= 11 is 0. The molecule has 1 saturated heterocycles. The van der Waals surface area contributed by atoms with Gasteiger partial charge in [-0.15, -0.1) is 0 Å². The summed E-state index contributed by atoms with van der Waals surface area (Å²) in [5, 5.41) is 0. The van der Waals surface area contributed by atoms with Gasteiger partial charge in [0.25, 0.3) is 0 Å². The molecule has 0 aromatic carbocycles. The highest BCUT2D eigenvalue weighted by molar-refractivity contribution is 5.75. The number of ether oxygens (including phenoxy) is 3. The van der Waals surface area contributed by atoms with E-state index in [1.54, 1.807) is 0 Å². The normalized spacial score (nSPS) is 31.6. The molecule has 0 saturated carbocycles. The van der Waals surface area contributed by atoms with Crippen LogP contribution in [0.2, 0.25) is 0 Å². The number of carbonyl (C=O) groups is 1. The molecule has 1 aliphatic rings. The van der Waals surface area contributed by atoms with Crippen molar-refractivity contribution in [3.63, 3.8) is 0 Å². The van der Waals surface area contributed by atoms with Crippen LogP contribution in [0.25, 0.3) is 0 Å². The predicted octanol–water partition coefficient (Wildman–Crippen LogP) is 0.707. The van der Waals surface area contributed by atoms with Crippen LogP contribution in [0.1, 0.15) is 27.2 Å². The number of hydrogen-bond acceptors (Lipinski definition) is 5. The highest BCUT2D eigenvalue weighted by Crippen LogP contribution is 2.11. The molecule has 17 heavy (non-hydrogen) atoms. The van der Waals surface area contributed by atoms with Crippen LogP contribution in [0, 0.1) is 5.92 Å². The van der Waals surface area contributed by atoms with E-state index in [4.69, 9.17) is 19.9 Å². The Balaban J connectivity index is 2.53. The molecule has 5 heteroatoms. The summed E-state index contributed by atoms with van der Waals surface area (Å²) in [7, 11) is 0. The van der Waals surface area contributed by atoms with Crippen LogP contribution in [0.15, 0.2) is 0 Å². The van der Waals surface area contributed by atoms with Crippen molar-refractivity contribution in [3.8, 4) is 0 Å². The van der Waals surface area contributed by atoms with Crippen molar-refractivity contribution >= 4 is 5.97 Å². The van der Waals surface area contributed by atoms with Crippen LogP contribution in [-0.4, -0.2) is 44.0 Å². The van der Waals surface area contributed by atoms with Gasteiger partial charge in [0.1, 0.15) is 18.2 Å². The predicted molar refractivity (Wildman–Crippen MR) is 63.5 cm³/mol. The number of nitrogens with two attached hydrogens (primary N) is 1. The van der Waals surface area contributed by atoms with E-state index in [2.05, 4.69) is 13.8 Å². The molecule has 0 radical (unpaired) electrons. The zero-order valence-corrected chi connectivity index (χ0v) is 10.8. The highest BCUT2D eigenvalue weighted by Gasteiger charge is 2.27. The molecule has 0 aliphatic carbocycles. The summed E-state index contributed by atoms with van der Waals surface area (Å²) in [5.41, 5.74) is 5.65. The molecule has 1 fully saturated rings. The van der Waals surface area contributed by atoms with Gasteiger partial charge in [-0.05, 0) is 19.3 Å². The summed E-state index contributed by atoms with van der Waals surface area (Å²) < 4.78 is 16.4. The Hall–Kier alpha value is -0.650. The SMILES string of the molecule is CC(C)CO[C@@H]1COCC[C@H](N)C(=O)O[C@H]1C. The molecular weight excluding hydrogens is 222 g/mol. The van der Waals surface area contributed by atoms with E-state index in [1.165, 1.54) is 0 Å². The first kappa shape index (κ1) is 14.4. The van der Waals surface area contributed by atoms with E-state index in [9.17, 15) is 4.79 Å². The zero-order valence-electron chi connectivity index (χ0n) is 10.8. The molecule has 1 rings (SSSR count). The van der Waals surface area contributed by atoms with E-state index < -0.39 is 6.04 Å². The lowest BCUT2D eigenvalue weighted by Gasteiger charge is -2.24. The van der Waals surface area contributed by atoms with Gasteiger partial charge in [0, 0.05) is 13.2 Å². The quantitative estimate of drug-likeness (QED) is 0.741. The van der Waals surface area contributed by atoms with Gasteiger partial charge in [-0.3, -0.25) is 4.79 Å². The maximum atomic E-state index is 11.6. The first-order valence-electron chi connectivity index (χ1n) is 6.16. The minimum Gasteiger partial charge on any atom is -0.459 e. The fraction of sp³-hybridized carbons (Fsp3) is 0.917. The van der Waals surface area contributed by atoms with Crippen LogP contribution in [0.5, 0.6) is 0 Å². The molecule has 0 amide bonds. The molecule has 3 atom stereocenters. The van der Waals surface area contributed by atoms with Crippen molar-refractivity contribution < 1.29 is 19.0 Å². The van der Waals surface area contributed by atoms with E-state index in [0.29, 0.717) is 32.2 Å². The van der Waals surface area contributed by atoms with E-state index >= 15 is 0 Å². The first-order chi connectivity index (χ1) is 8.00. The fourth-order valence-corrected chi connectivity index (χ4v) is 1.51. The van der Waals surface area contributed by atoms with Crippen molar-refractivity contribution in [2.24, 2.45) is 11.7 Å². The summed E-state index contributed by atoms with van der Waals surface area (Å²) in [6, 6.07) is -0.596. The third-order valence-corrected chi connectivity index (χ3v) is 2.63. The van der Waals surface area contributed by atoms with Gasteiger partial charge in [-0.2, -0.15) is 0 Å². The van der Waals surface area contributed by atoms with Gasteiger partial charge in [0.15, 0.2) is 0 Å². The second kappa shape index (κ2) is 6.93. The average Bonchev–Trinajstić information content (AvgIpc) is 2.30. The standard InChI is InChI=1S/C12H23NO4/c1-8(2)6-16-11-7-15-5-4-10(13)12(14)17-9(11)3/h8-11H,4-7,13H2,1-3H3/t9-,10-,11+/m0/s1. The molecule has 0 spiro atoms. The van der Waals surface area contributed by atoms with Gasteiger partial charge < -0.3 is 19.9 Å². The molecule has 1 heterocycles. The molecule has 1 aliphatic heterocycles. The van der Waals surface area contributed by atoms with E-state index in [0.717, 1.165) is 0 Å². The molecule has 2 N–H and O–H groups in total. The second-order valence-corrected chi connectivity index (χ2v) is 4.88. The second-order valence-electron chi connectivity index (χ2n) is 4.88. The minimum absolute atomic E-state index is 0.216. The Morgan fingerprint density at radius 1 is 1.53 bits per heavy atom. The van der Waals surface area contributed by atoms with Crippen molar-refractivity contribution in [3.05, 3.63) is 0 Å². The number of esters is 1. The van der Waals surface area contributed by atoms with Crippen LogP contribution in [0.4, 0.5) is 0 Å². The largest absolute Gasteiger partial charge is 0.459 e. The van der Waals surface area contributed by atoms with Crippen LogP contribution in [-0.2, 0) is 19.0 Å². The van der Waals surface area contributed by atoms with Gasteiger partial charge in [-0.25, -0.2) is 0 Å². The van der Waals surface area contributed by atoms with Crippen molar-refractivity contribution in [2.75, 3.05) is 19.8 Å². The topological polar surface area (TPSA) is 70.8 Å². The number of hydrogen-bond donors (Lipinski definition) is 1. The third kappa shape index (κ3) is 5.02. The Labute approximate surface area is 103 Å². The third-order valence-electron chi connectivity index (χ3n) is 2.63. The van der Waals surface area contributed by atoms with Crippen LogP contribution in [0.3, 0.4) is 0 Å². The maximum Gasteiger partial charge on any atom is 0.323 e. The van der Waals surface area contributed by atoms with Gasteiger partial charge in [0.05, 0.1) is 6.61 Å². The van der Waals surface area contributed by atoms with E-state index in [-0.39, 0.29) is 18.2 Å². The van der Waals surface area contributed by atoms with E-state index in [1.807, 2.05) is 6.92 Å². The van der Waals surface area contributed by atoms with Gasteiger partial charge in [0.2, 0.25) is 0 Å². The summed E-state index contributed by atoms with van der Waals surface area (Å²) in [6.45, 7) is 7.48.